The summed E-state index contributed by atoms with van der Waals surface area (Å²) in [5.74, 6) is -0.160. The molecule has 1 unspecified atom stereocenters. The Kier molecular flexibility index (Phi) is 5.98. The Morgan fingerprint density at radius 2 is 1.24 bits per heavy atom. The van der Waals surface area contributed by atoms with Crippen molar-refractivity contribution in [1.82, 2.24) is 0 Å². The number of hydrogen-bond donors (Lipinski definition) is 0. The Bertz CT molecular complexity index is 749. The predicted molar refractivity (Wildman–Crippen MR) is 105 cm³/mol. The van der Waals surface area contributed by atoms with Gasteiger partial charge in [-0.3, -0.25) is 4.79 Å². The van der Waals surface area contributed by atoms with Gasteiger partial charge in [0.15, 0.2) is 0 Å². The van der Waals surface area contributed by atoms with Gasteiger partial charge in [-0.1, -0.05) is 91.0 Å². The third kappa shape index (κ3) is 4.15. The van der Waals surface area contributed by atoms with Gasteiger partial charge in [-0.15, -0.1) is 0 Å². The van der Waals surface area contributed by atoms with Gasteiger partial charge in [-0.05, 0) is 31.0 Å². The minimum absolute atomic E-state index is 0.160. The van der Waals surface area contributed by atoms with Crippen LogP contribution in [0.15, 0.2) is 91.0 Å². The first-order valence-electron chi connectivity index (χ1n) is 8.42. The first kappa shape index (κ1) is 17.4. The highest BCUT2D eigenvalue weighted by molar-refractivity contribution is 7.74. The van der Waals surface area contributed by atoms with Crippen molar-refractivity contribution in [3.05, 3.63) is 96.6 Å². The molecule has 0 fully saturated rings. The SMILES string of the molecule is CCOC(=O)C(c1ccccc1)P(c1ccccc1)c1ccccc1. The van der Waals surface area contributed by atoms with E-state index in [2.05, 4.69) is 24.3 Å². The molecule has 3 aromatic carbocycles. The third-order valence-corrected chi connectivity index (χ3v) is 6.69. The van der Waals surface area contributed by atoms with Crippen molar-refractivity contribution < 1.29 is 9.53 Å². The minimum Gasteiger partial charge on any atom is -0.465 e. The van der Waals surface area contributed by atoms with Crippen LogP contribution >= 0.6 is 7.92 Å². The van der Waals surface area contributed by atoms with E-state index < -0.39 is 7.92 Å². The summed E-state index contributed by atoms with van der Waals surface area (Å²) in [6.07, 6.45) is 0. The second-order valence-electron chi connectivity index (χ2n) is 5.61. The molecule has 0 radical (unpaired) electrons. The fourth-order valence-electron chi connectivity index (χ4n) is 2.87. The fraction of sp³-hybridized carbons (Fsp3) is 0.136. The van der Waals surface area contributed by atoms with Crippen LogP contribution in [0.5, 0.6) is 0 Å². The number of esters is 1. The zero-order valence-corrected chi connectivity index (χ0v) is 15.1. The topological polar surface area (TPSA) is 26.3 Å². The van der Waals surface area contributed by atoms with E-state index in [0.717, 1.165) is 5.56 Å². The zero-order chi connectivity index (χ0) is 17.5. The van der Waals surface area contributed by atoms with Crippen LogP contribution in [-0.4, -0.2) is 12.6 Å². The molecule has 0 saturated carbocycles. The molecule has 3 rings (SSSR count). The summed E-state index contributed by atoms with van der Waals surface area (Å²) in [5, 5.41) is 2.34. The lowest BCUT2D eigenvalue weighted by molar-refractivity contribution is -0.142. The number of hydrogen-bond acceptors (Lipinski definition) is 2. The van der Waals surface area contributed by atoms with E-state index in [1.807, 2.05) is 73.7 Å². The van der Waals surface area contributed by atoms with Crippen LogP contribution in [0.3, 0.4) is 0 Å². The Hall–Kier alpha value is -2.44. The smallest absolute Gasteiger partial charge is 0.318 e. The monoisotopic (exact) mass is 348 g/mol. The first-order valence-corrected chi connectivity index (χ1v) is 9.83. The molecule has 0 bridgehead atoms. The maximum Gasteiger partial charge on any atom is 0.318 e. The third-order valence-electron chi connectivity index (χ3n) is 3.95. The van der Waals surface area contributed by atoms with Gasteiger partial charge in [0.1, 0.15) is 5.66 Å². The molecule has 0 heterocycles. The van der Waals surface area contributed by atoms with Gasteiger partial charge in [0.2, 0.25) is 0 Å². The zero-order valence-electron chi connectivity index (χ0n) is 14.2. The van der Waals surface area contributed by atoms with Crippen molar-refractivity contribution in [2.24, 2.45) is 0 Å². The lowest BCUT2D eigenvalue weighted by Gasteiger charge is -2.27. The maximum atomic E-state index is 12.9. The van der Waals surface area contributed by atoms with E-state index in [4.69, 9.17) is 4.74 Å². The summed E-state index contributed by atoms with van der Waals surface area (Å²) >= 11 is 0. The van der Waals surface area contributed by atoms with Crippen molar-refractivity contribution >= 4 is 24.5 Å². The predicted octanol–water partition coefficient (Wildman–Crippen LogP) is 4.42. The number of carbonyl (C=O) groups excluding carboxylic acids is 1. The standard InChI is InChI=1S/C22H21O2P/c1-2-24-22(23)21(18-12-6-3-7-13-18)25(19-14-8-4-9-15-19)20-16-10-5-11-17-20/h3-17,21H,2H2,1H3. The largest absolute Gasteiger partial charge is 0.465 e. The summed E-state index contributed by atoms with van der Waals surface area (Å²) in [6, 6.07) is 30.5. The van der Waals surface area contributed by atoms with E-state index in [0.29, 0.717) is 6.61 Å². The van der Waals surface area contributed by atoms with Gasteiger partial charge in [0.05, 0.1) is 6.61 Å². The number of benzene rings is 3. The molecule has 0 spiro atoms. The fourth-order valence-corrected chi connectivity index (χ4v) is 5.51. The molecule has 0 saturated heterocycles. The molecule has 0 aliphatic carbocycles. The van der Waals surface area contributed by atoms with E-state index >= 15 is 0 Å². The molecule has 2 nitrogen and oxygen atoms in total. The molecule has 3 heteroatoms. The average Bonchev–Trinajstić information content (AvgIpc) is 2.68. The maximum absolute atomic E-state index is 12.9. The van der Waals surface area contributed by atoms with Crippen LogP contribution in [0, 0.1) is 0 Å². The second-order valence-corrected chi connectivity index (χ2v) is 7.90. The first-order chi connectivity index (χ1) is 12.3. The number of carbonyl (C=O) groups is 1. The van der Waals surface area contributed by atoms with Gasteiger partial charge >= 0.3 is 5.97 Å². The summed E-state index contributed by atoms with van der Waals surface area (Å²) in [4.78, 5) is 12.9. The van der Waals surface area contributed by atoms with E-state index in [-0.39, 0.29) is 11.6 Å². The highest BCUT2D eigenvalue weighted by Gasteiger charge is 2.33. The Morgan fingerprint density at radius 3 is 1.68 bits per heavy atom. The Balaban J connectivity index is 2.14. The number of rotatable bonds is 6. The minimum atomic E-state index is -0.916. The molecule has 0 aliphatic rings. The molecule has 126 valence electrons. The van der Waals surface area contributed by atoms with Crippen LogP contribution in [0.25, 0.3) is 0 Å². The van der Waals surface area contributed by atoms with Gasteiger partial charge < -0.3 is 4.74 Å². The van der Waals surface area contributed by atoms with Crippen LogP contribution in [0.2, 0.25) is 0 Å². The van der Waals surface area contributed by atoms with Crippen LogP contribution < -0.4 is 10.6 Å². The van der Waals surface area contributed by atoms with Gasteiger partial charge in [0, 0.05) is 0 Å². The second kappa shape index (κ2) is 8.60. The Labute approximate surface area is 150 Å². The summed E-state index contributed by atoms with van der Waals surface area (Å²) < 4.78 is 5.46. The summed E-state index contributed by atoms with van der Waals surface area (Å²) in [6.45, 7) is 2.24. The van der Waals surface area contributed by atoms with Gasteiger partial charge in [-0.2, -0.15) is 0 Å². The lowest BCUT2D eigenvalue weighted by atomic mass is 10.1. The molecule has 25 heavy (non-hydrogen) atoms. The summed E-state index contributed by atoms with van der Waals surface area (Å²) in [7, 11) is -0.916. The molecule has 0 N–H and O–H groups in total. The van der Waals surface area contributed by atoms with Gasteiger partial charge in [0.25, 0.3) is 0 Å². The average molecular weight is 348 g/mol. The highest BCUT2D eigenvalue weighted by Crippen LogP contribution is 2.50. The molecular weight excluding hydrogens is 327 g/mol. The molecular formula is C22H21O2P. The van der Waals surface area contributed by atoms with E-state index in [9.17, 15) is 4.79 Å². The van der Waals surface area contributed by atoms with Gasteiger partial charge in [-0.25, -0.2) is 0 Å². The Morgan fingerprint density at radius 1 is 0.800 bits per heavy atom. The summed E-state index contributed by atoms with van der Waals surface area (Å²) in [5.41, 5.74) is 0.681. The van der Waals surface area contributed by atoms with Crippen molar-refractivity contribution in [3.8, 4) is 0 Å². The molecule has 0 aromatic heterocycles. The van der Waals surface area contributed by atoms with Crippen LogP contribution in [0.4, 0.5) is 0 Å². The van der Waals surface area contributed by atoms with E-state index in [1.54, 1.807) is 0 Å². The number of ether oxygens (including phenoxy) is 1. The normalized spacial score (nSPS) is 11.9. The van der Waals surface area contributed by atoms with E-state index in [1.165, 1.54) is 10.6 Å². The van der Waals surface area contributed by atoms with Crippen molar-refractivity contribution in [2.75, 3.05) is 6.61 Å². The molecule has 0 aliphatic heterocycles. The highest BCUT2D eigenvalue weighted by atomic mass is 31.1. The molecule has 1 atom stereocenters. The van der Waals surface area contributed by atoms with Crippen LogP contribution in [0.1, 0.15) is 18.1 Å². The van der Waals surface area contributed by atoms with Crippen molar-refractivity contribution in [1.29, 1.82) is 0 Å². The molecule has 0 amide bonds. The lowest BCUT2D eigenvalue weighted by Crippen LogP contribution is -2.24. The van der Waals surface area contributed by atoms with Crippen molar-refractivity contribution in [2.45, 2.75) is 12.6 Å². The quantitative estimate of drug-likeness (QED) is 0.487. The molecule has 3 aromatic rings. The van der Waals surface area contributed by atoms with Crippen LogP contribution in [-0.2, 0) is 9.53 Å². The van der Waals surface area contributed by atoms with Crippen molar-refractivity contribution in [3.63, 3.8) is 0 Å².